The number of amides is 1. The van der Waals surface area contributed by atoms with Crippen molar-refractivity contribution in [2.45, 2.75) is 32.6 Å². The van der Waals surface area contributed by atoms with Gasteiger partial charge in [0.05, 0.1) is 50.5 Å². The molecule has 3 N–H and O–H groups in total. The maximum atomic E-state index is 15.4. The van der Waals surface area contributed by atoms with Gasteiger partial charge in [0.25, 0.3) is 0 Å². The number of amidine groups is 1. The number of aromatic nitrogens is 3. The number of phenols is 1. The van der Waals surface area contributed by atoms with Gasteiger partial charge in [0, 0.05) is 17.2 Å². The minimum atomic E-state index is -0.463. The first kappa shape index (κ1) is 31.3. The molecule has 4 aromatic rings. The summed E-state index contributed by atoms with van der Waals surface area (Å²) in [6.45, 7) is 5.60. The number of anilines is 2. The minimum Gasteiger partial charge on any atom is -0.508 e. The molecule has 12 nitrogen and oxygen atoms in total. The number of phenolic OH excluding ortho intramolecular Hbond substituents is 1. The number of nitrogens with one attached hydrogen (secondary N) is 2. The van der Waals surface area contributed by atoms with Gasteiger partial charge in [-0.2, -0.15) is 14.8 Å². The summed E-state index contributed by atoms with van der Waals surface area (Å²) in [5, 5.41) is 22.5. The number of methoxy groups -OCH3 is 1. The second-order valence-corrected chi connectivity index (χ2v) is 11.8. The minimum absolute atomic E-state index is 0.0902. The van der Waals surface area contributed by atoms with Crippen LogP contribution < -0.4 is 20.4 Å². The normalized spacial score (nSPS) is 16.2. The van der Waals surface area contributed by atoms with Crippen molar-refractivity contribution in [1.82, 2.24) is 20.2 Å². The van der Waals surface area contributed by atoms with E-state index in [1.807, 2.05) is 18.2 Å². The summed E-state index contributed by atoms with van der Waals surface area (Å²) in [5.74, 6) is 1.34. The molecule has 240 valence electrons. The highest BCUT2D eigenvalue weighted by atomic mass is 32.2. The SMILES string of the molecule is COc1ccc(C(C)C)c(N2C(=O)CS/C2=N\NCc2ccc(-c3nc(NCC4OCCO4)n(-c4ccc(O)cc4)n3)cc2F)c1. The van der Waals surface area contributed by atoms with E-state index < -0.39 is 12.1 Å². The Balaban J connectivity index is 1.20. The van der Waals surface area contributed by atoms with Crippen molar-refractivity contribution in [3.63, 3.8) is 0 Å². The molecule has 0 spiro atoms. The van der Waals surface area contributed by atoms with Crippen LogP contribution in [0.4, 0.5) is 16.0 Å². The molecule has 2 aliphatic heterocycles. The zero-order valence-corrected chi connectivity index (χ0v) is 26.4. The lowest BCUT2D eigenvalue weighted by atomic mass is 10.00. The third-order valence-corrected chi connectivity index (χ3v) is 8.36. The Morgan fingerprint density at radius 1 is 1.13 bits per heavy atom. The number of carbonyl (C=O) groups excluding carboxylic acids is 1. The lowest BCUT2D eigenvalue weighted by Crippen LogP contribution is -2.31. The standard InChI is InChI=1S/C32H34FN7O5S/c1-19(2)25-11-10-24(43-3)15-27(25)39-28(42)18-46-32(39)37-35-16-21-5-4-20(14-26(21)33)30-36-31(34-17-29-44-12-13-45-29)40(38-30)22-6-8-23(41)9-7-22/h4-11,14-15,19,29,35,41H,12-13,16-18H2,1-3H3,(H,34,36,38)/b37-32-. The van der Waals surface area contributed by atoms with Crippen LogP contribution in [0.15, 0.2) is 65.8 Å². The summed E-state index contributed by atoms with van der Waals surface area (Å²) < 4.78 is 33.4. The summed E-state index contributed by atoms with van der Waals surface area (Å²) in [5.41, 5.74) is 6.16. The number of rotatable bonds is 11. The fourth-order valence-electron chi connectivity index (χ4n) is 5.06. The molecule has 2 aliphatic rings. The lowest BCUT2D eigenvalue weighted by Gasteiger charge is -2.22. The summed E-state index contributed by atoms with van der Waals surface area (Å²) >= 11 is 1.32. The number of aromatic hydroxyl groups is 1. The van der Waals surface area contributed by atoms with Crippen LogP contribution in [0.3, 0.4) is 0 Å². The zero-order valence-electron chi connectivity index (χ0n) is 25.6. The number of ether oxygens (including phenoxy) is 3. The van der Waals surface area contributed by atoms with E-state index >= 15 is 4.39 Å². The topological polar surface area (TPSA) is 135 Å². The lowest BCUT2D eigenvalue weighted by molar-refractivity contribution is -0.115. The summed E-state index contributed by atoms with van der Waals surface area (Å²) in [7, 11) is 1.58. The molecule has 0 saturated carbocycles. The quantitative estimate of drug-likeness (QED) is 0.194. The van der Waals surface area contributed by atoms with Gasteiger partial charge >= 0.3 is 0 Å². The van der Waals surface area contributed by atoms with Crippen LogP contribution in [0.2, 0.25) is 0 Å². The highest BCUT2D eigenvalue weighted by molar-refractivity contribution is 8.15. The predicted octanol–water partition coefficient (Wildman–Crippen LogP) is 4.84. The van der Waals surface area contributed by atoms with E-state index in [-0.39, 0.29) is 29.9 Å². The second-order valence-electron chi connectivity index (χ2n) is 10.9. The van der Waals surface area contributed by atoms with Gasteiger partial charge in [0.2, 0.25) is 11.9 Å². The molecule has 2 saturated heterocycles. The molecule has 0 unspecified atom stereocenters. The van der Waals surface area contributed by atoms with Gasteiger partial charge in [0.15, 0.2) is 17.3 Å². The van der Waals surface area contributed by atoms with Gasteiger partial charge < -0.3 is 30.1 Å². The monoisotopic (exact) mass is 647 g/mol. The fourth-order valence-corrected chi connectivity index (χ4v) is 5.90. The Hall–Kier alpha value is -4.66. The Morgan fingerprint density at radius 2 is 1.91 bits per heavy atom. The first-order chi connectivity index (χ1) is 22.3. The number of hydrazone groups is 1. The fraction of sp³-hybridized carbons (Fsp3) is 0.312. The van der Waals surface area contributed by atoms with E-state index in [4.69, 9.17) is 14.2 Å². The summed E-state index contributed by atoms with van der Waals surface area (Å²) in [6, 6.07) is 16.9. The van der Waals surface area contributed by atoms with Crippen molar-refractivity contribution in [3.8, 4) is 28.6 Å². The molecule has 0 atom stereocenters. The highest BCUT2D eigenvalue weighted by Crippen LogP contribution is 2.36. The van der Waals surface area contributed by atoms with Crippen LogP contribution in [0.1, 0.15) is 30.9 Å². The third kappa shape index (κ3) is 6.78. The first-order valence-corrected chi connectivity index (χ1v) is 15.8. The highest BCUT2D eigenvalue weighted by Gasteiger charge is 2.32. The molecule has 1 amide bonds. The molecule has 6 rings (SSSR count). The van der Waals surface area contributed by atoms with Crippen molar-refractivity contribution in [3.05, 3.63) is 77.6 Å². The average molecular weight is 648 g/mol. The van der Waals surface area contributed by atoms with E-state index in [1.54, 1.807) is 53.1 Å². The van der Waals surface area contributed by atoms with Gasteiger partial charge in [-0.15, -0.1) is 5.10 Å². The number of hydrogen-bond acceptors (Lipinski definition) is 11. The van der Waals surface area contributed by atoms with Crippen LogP contribution in [0.5, 0.6) is 11.5 Å². The number of carbonyl (C=O) groups is 1. The van der Waals surface area contributed by atoms with Crippen molar-refractivity contribution in [2.75, 3.05) is 42.8 Å². The van der Waals surface area contributed by atoms with Crippen molar-refractivity contribution < 1.29 is 28.5 Å². The molecule has 0 radical (unpaired) electrons. The molecule has 0 aliphatic carbocycles. The largest absolute Gasteiger partial charge is 0.508 e. The van der Waals surface area contributed by atoms with Gasteiger partial charge in [-0.25, -0.2) is 4.39 Å². The molecular weight excluding hydrogens is 613 g/mol. The van der Waals surface area contributed by atoms with Crippen molar-refractivity contribution in [1.29, 1.82) is 0 Å². The Kier molecular flexibility index (Phi) is 9.38. The van der Waals surface area contributed by atoms with Gasteiger partial charge in [0.1, 0.15) is 17.3 Å². The summed E-state index contributed by atoms with van der Waals surface area (Å²) in [4.78, 5) is 19.1. The van der Waals surface area contributed by atoms with Crippen LogP contribution >= 0.6 is 11.8 Å². The third-order valence-electron chi connectivity index (χ3n) is 7.44. The van der Waals surface area contributed by atoms with E-state index in [9.17, 15) is 9.90 Å². The van der Waals surface area contributed by atoms with Crippen LogP contribution in [-0.4, -0.2) is 69.9 Å². The van der Waals surface area contributed by atoms with Crippen LogP contribution in [-0.2, 0) is 20.8 Å². The first-order valence-electron chi connectivity index (χ1n) is 14.8. The summed E-state index contributed by atoms with van der Waals surface area (Å²) in [6.07, 6.45) is -0.415. The zero-order chi connectivity index (χ0) is 32.2. The molecule has 1 aromatic heterocycles. The number of thioether (sulfide) groups is 1. The molecule has 2 fully saturated rings. The van der Waals surface area contributed by atoms with Crippen molar-refractivity contribution in [2.24, 2.45) is 5.10 Å². The van der Waals surface area contributed by atoms with Gasteiger partial charge in [-0.3, -0.25) is 9.69 Å². The number of nitrogens with zero attached hydrogens (tertiary/aromatic N) is 5. The van der Waals surface area contributed by atoms with E-state index in [0.29, 0.717) is 59.3 Å². The second kappa shape index (κ2) is 13.8. The smallest absolute Gasteiger partial charge is 0.243 e. The molecular formula is C32H34FN7O5S. The maximum Gasteiger partial charge on any atom is 0.243 e. The van der Waals surface area contributed by atoms with Gasteiger partial charge in [-0.1, -0.05) is 43.8 Å². The molecule has 0 bridgehead atoms. The van der Waals surface area contributed by atoms with Crippen molar-refractivity contribution >= 4 is 34.5 Å². The van der Waals surface area contributed by atoms with E-state index in [2.05, 4.69) is 39.8 Å². The number of hydrogen-bond donors (Lipinski definition) is 3. The maximum absolute atomic E-state index is 15.4. The number of halogens is 1. The Morgan fingerprint density at radius 3 is 2.63 bits per heavy atom. The molecule has 14 heteroatoms. The predicted molar refractivity (Wildman–Crippen MR) is 174 cm³/mol. The van der Waals surface area contributed by atoms with Crippen LogP contribution in [0.25, 0.3) is 17.1 Å². The van der Waals surface area contributed by atoms with E-state index in [0.717, 1.165) is 11.3 Å². The Labute approximate surface area is 269 Å². The Bertz CT molecular complexity index is 1740. The molecule has 3 aromatic carbocycles. The average Bonchev–Trinajstić information content (AvgIpc) is 3.81. The van der Waals surface area contributed by atoms with Gasteiger partial charge in [-0.05, 0) is 47.9 Å². The molecule has 3 heterocycles. The number of benzene rings is 3. The van der Waals surface area contributed by atoms with Crippen LogP contribution in [0, 0.1) is 5.82 Å². The molecule has 46 heavy (non-hydrogen) atoms. The van der Waals surface area contributed by atoms with E-state index in [1.165, 1.54) is 17.8 Å².